The molecule has 3 aliphatic rings. The predicted octanol–water partition coefficient (Wildman–Crippen LogP) is 4.40. The molecule has 3 aliphatic heterocycles. The number of carbonyl (C=O) groups is 2. The lowest BCUT2D eigenvalue weighted by molar-refractivity contribution is -0.132. The lowest BCUT2D eigenvalue weighted by Gasteiger charge is -2.42. The van der Waals surface area contributed by atoms with Gasteiger partial charge < -0.3 is 38.2 Å². The summed E-state index contributed by atoms with van der Waals surface area (Å²) >= 11 is 0. The number of hydrogen-bond acceptors (Lipinski definition) is 12. The van der Waals surface area contributed by atoms with Crippen LogP contribution in [0.15, 0.2) is 59.5 Å². The second kappa shape index (κ2) is 16.9. The van der Waals surface area contributed by atoms with E-state index in [4.69, 9.17) is 28.4 Å². The topological polar surface area (TPSA) is 137 Å². The molecule has 290 valence electrons. The van der Waals surface area contributed by atoms with Crippen molar-refractivity contribution in [2.24, 2.45) is 0 Å². The number of sulfonamides is 1. The van der Waals surface area contributed by atoms with Crippen LogP contribution in [0.5, 0.6) is 28.7 Å². The van der Waals surface area contributed by atoms with Gasteiger partial charge in [-0.15, -0.1) is 24.8 Å². The Labute approximate surface area is 322 Å². The third-order valence-electron chi connectivity index (χ3n) is 9.98. The average Bonchev–Trinajstić information content (AvgIpc) is 3.41. The Balaban J connectivity index is 0.00000314. The minimum Gasteiger partial charge on any atom is -0.497 e. The maximum Gasteiger partial charge on any atom is 0.411 e. The number of amides is 2. The van der Waals surface area contributed by atoms with Gasteiger partial charge in [-0.05, 0) is 81.5 Å². The van der Waals surface area contributed by atoms with E-state index in [9.17, 15) is 13.2 Å². The number of piperidine rings is 1. The van der Waals surface area contributed by atoms with Crippen LogP contribution >= 0.6 is 24.8 Å². The largest absolute Gasteiger partial charge is 0.497 e. The Morgan fingerprint density at radius 2 is 1.25 bits per heavy atom. The number of nitrogens with zero attached hydrogens (tertiary/aromatic N) is 4. The molecule has 0 bridgehead atoms. The lowest BCUT2D eigenvalue weighted by atomic mass is 9.86. The van der Waals surface area contributed by atoms with E-state index in [1.807, 2.05) is 0 Å². The van der Waals surface area contributed by atoms with Crippen molar-refractivity contribution in [3.63, 3.8) is 0 Å². The van der Waals surface area contributed by atoms with E-state index in [-0.39, 0.29) is 58.0 Å². The standard InChI is InChI=1S/C36H44N4O10S.2ClH/c1-37-15-13-24(14-16-37)38-17-19-39(20-18-38)35(42)50-36(29-22-26(46-3)8-11-31(29)48-5)28-21-25(45-2)7-10-30(28)40(34(36)41)51(43,44)33-12-9-27(47-4)23-32(33)49-6;;/h7-12,21-24H,13-20H2,1-6H3;2*1H. The van der Waals surface area contributed by atoms with Crippen LogP contribution in [0.25, 0.3) is 0 Å². The van der Waals surface area contributed by atoms with Crippen molar-refractivity contribution in [2.45, 2.75) is 29.4 Å². The van der Waals surface area contributed by atoms with Gasteiger partial charge >= 0.3 is 6.09 Å². The van der Waals surface area contributed by atoms with Crippen LogP contribution in [0.4, 0.5) is 10.5 Å². The molecule has 0 saturated carbocycles. The van der Waals surface area contributed by atoms with Crippen LogP contribution in [0.3, 0.4) is 0 Å². The predicted molar refractivity (Wildman–Crippen MR) is 202 cm³/mol. The second-order valence-electron chi connectivity index (χ2n) is 12.6. The molecule has 2 saturated heterocycles. The van der Waals surface area contributed by atoms with Crippen molar-refractivity contribution in [1.29, 1.82) is 0 Å². The summed E-state index contributed by atoms with van der Waals surface area (Å²) in [5.41, 5.74) is -2.25. The first-order valence-corrected chi connectivity index (χ1v) is 18.1. The summed E-state index contributed by atoms with van der Waals surface area (Å²) in [4.78, 5) is 35.5. The summed E-state index contributed by atoms with van der Waals surface area (Å²) in [6, 6.07) is 13.8. The van der Waals surface area contributed by atoms with Crippen LogP contribution in [-0.2, 0) is 25.2 Å². The van der Waals surface area contributed by atoms with E-state index in [2.05, 4.69) is 16.8 Å². The molecule has 2 amide bonds. The first-order valence-electron chi connectivity index (χ1n) is 16.7. The molecule has 3 heterocycles. The quantitative estimate of drug-likeness (QED) is 0.288. The van der Waals surface area contributed by atoms with Gasteiger partial charge in [-0.3, -0.25) is 9.69 Å². The van der Waals surface area contributed by atoms with Gasteiger partial charge in [0.2, 0.25) is 5.60 Å². The molecule has 1 atom stereocenters. The minimum absolute atomic E-state index is 0. The summed E-state index contributed by atoms with van der Waals surface area (Å²) in [7, 11) is 4.47. The molecule has 0 aliphatic carbocycles. The molecule has 6 rings (SSSR count). The Morgan fingerprint density at radius 1 is 0.698 bits per heavy atom. The van der Waals surface area contributed by atoms with Gasteiger partial charge in [-0.2, -0.15) is 4.31 Å². The van der Waals surface area contributed by atoms with E-state index in [0.717, 1.165) is 25.9 Å². The normalized spacial score (nSPS) is 19.4. The SMILES string of the molecule is COc1ccc(S(=O)(=O)N2C(=O)C(OC(=O)N3CCN(C4CCN(C)CC4)CC3)(c3cc(OC)ccc3OC)c3cc(OC)ccc32)c(OC)c1.Cl.Cl. The first kappa shape index (κ1) is 41.6. The third kappa shape index (κ3) is 7.49. The minimum atomic E-state index is -4.71. The molecule has 0 spiro atoms. The molecule has 0 radical (unpaired) electrons. The van der Waals surface area contributed by atoms with Gasteiger partial charge in [0.05, 0.1) is 46.8 Å². The number of methoxy groups -OCH3 is 5. The number of carbonyl (C=O) groups excluding carboxylic acids is 2. The van der Waals surface area contributed by atoms with Crippen LogP contribution in [0.2, 0.25) is 0 Å². The monoisotopic (exact) mass is 796 g/mol. The summed E-state index contributed by atoms with van der Waals surface area (Å²) in [5.74, 6) is 0.0323. The summed E-state index contributed by atoms with van der Waals surface area (Å²) < 4.78 is 63.9. The highest BCUT2D eigenvalue weighted by Gasteiger charge is 2.61. The Morgan fingerprint density at radius 3 is 1.83 bits per heavy atom. The Bertz CT molecular complexity index is 1900. The van der Waals surface area contributed by atoms with Gasteiger partial charge in [0.15, 0.2) is 0 Å². The number of hydrogen-bond donors (Lipinski definition) is 0. The average molecular weight is 798 g/mol. The summed E-state index contributed by atoms with van der Waals surface area (Å²) in [6.07, 6.45) is 1.32. The fourth-order valence-corrected chi connectivity index (χ4v) is 8.72. The van der Waals surface area contributed by atoms with Crippen molar-refractivity contribution < 1.29 is 46.4 Å². The maximum atomic E-state index is 15.2. The van der Waals surface area contributed by atoms with Gasteiger partial charge in [0, 0.05) is 43.9 Å². The molecule has 3 aromatic rings. The highest BCUT2D eigenvalue weighted by molar-refractivity contribution is 7.93. The number of halogens is 2. The molecule has 53 heavy (non-hydrogen) atoms. The molecule has 2 fully saturated rings. The van der Waals surface area contributed by atoms with Crippen LogP contribution in [0, 0.1) is 0 Å². The molecule has 0 N–H and O–H groups in total. The number of benzene rings is 3. The molecule has 14 nitrogen and oxygen atoms in total. The molecular formula is C36H46Cl2N4O10S. The van der Waals surface area contributed by atoms with Crippen molar-refractivity contribution >= 4 is 52.5 Å². The first-order chi connectivity index (χ1) is 24.5. The van der Waals surface area contributed by atoms with Crippen LogP contribution in [-0.4, -0.2) is 123 Å². The number of piperazine rings is 1. The van der Waals surface area contributed by atoms with Crippen molar-refractivity contribution in [1.82, 2.24) is 14.7 Å². The number of ether oxygens (including phenoxy) is 6. The molecular weight excluding hydrogens is 751 g/mol. The Kier molecular flexibility index (Phi) is 13.3. The molecule has 17 heteroatoms. The summed E-state index contributed by atoms with van der Waals surface area (Å²) in [6.45, 7) is 4.03. The zero-order chi connectivity index (χ0) is 36.5. The van der Waals surface area contributed by atoms with Crippen molar-refractivity contribution in [3.8, 4) is 28.7 Å². The fourth-order valence-electron chi connectivity index (χ4n) is 7.12. The second-order valence-corrected chi connectivity index (χ2v) is 14.4. The number of anilines is 1. The van der Waals surface area contributed by atoms with E-state index in [1.165, 1.54) is 78.0 Å². The number of rotatable bonds is 10. The highest BCUT2D eigenvalue weighted by Crippen LogP contribution is 2.53. The lowest BCUT2D eigenvalue weighted by Crippen LogP contribution is -2.55. The molecule has 1 unspecified atom stereocenters. The van der Waals surface area contributed by atoms with E-state index in [1.54, 1.807) is 17.0 Å². The van der Waals surface area contributed by atoms with E-state index >= 15 is 4.79 Å². The van der Waals surface area contributed by atoms with Crippen LogP contribution in [0.1, 0.15) is 24.0 Å². The zero-order valence-electron chi connectivity index (χ0n) is 30.5. The van der Waals surface area contributed by atoms with Gasteiger partial charge in [-0.25, -0.2) is 13.2 Å². The maximum absolute atomic E-state index is 15.2. The van der Waals surface area contributed by atoms with Gasteiger partial charge in [0.25, 0.3) is 15.9 Å². The number of fused-ring (bicyclic) bond motifs is 1. The smallest absolute Gasteiger partial charge is 0.411 e. The van der Waals surface area contributed by atoms with E-state index in [0.29, 0.717) is 53.8 Å². The number of likely N-dealkylation sites (tertiary alicyclic amines) is 1. The van der Waals surface area contributed by atoms with Crippen molar-refractivity contribution in [3.05, 3.63) is 65.7 Å². The Hall–Kier alpha value is -4.15. The van der Waals surface area contributed by atoms with Gasteiger partial charge in [-0.1, -0.05) is 0 Å². The summed E-state index contributed by atoms with van der Waals surface area (Å²) in [5, 5.41) is 0. The van der Waals surface area contributed by atoms with Gasteiger partial charge in [0.1, 0.15) is 33.6 Å². The highest BCUT2D eigenvalue weighted by atomic mass is 35.5. The van der Waals surface area contributed by atoms with E-state index < -0.39 is 27.6 Å². The zero-order valence-corrected chi connectivity index (χ0v) is 33.0. The fraction of sp³-hybridized carbons (Fsp3) is 0.444. The molecule has 3 aromatic carbocycles. The van der Waals surface area contributed by atoms with Crippen LogP contribution < -0.4 is 28.0 Å². The third-order valence-corrected chi connectivity index (χ3v) is 11.7. The van der Waals surface area contributed by atoms with Crippen molar-refractivity contribution in [2.75, 3.05) is 86.2 Å². The molecule has 0 aromatic heterocycles.